The summed E-state index contributed by atoms with van der Waals surface area (Å²) in [6.45, 7) is 0.563. The highest BCUT2D eigenvalue weighted by Gasteiger charge is 2.41. The van der Waals surface area contributed by atoms with Crippen LogP contribution in [0.2, 0.25) is 0 Å². The minimum Gasteiger partial charge on any atom is -0.465 e. The summed E-state index contributed by atoms with van der Waals surface area (Å²) < 4.78 is 4.89. The highest BCUT2D eigenvalue weighted by Crippen LogP contribution is 2.47. The second-order valence-electron chi connectivity index (χ2n) is 7.17. The van der Waals surface area contributed by atoms with Gasteiger partial charge in [-0.2, -0.15) is 0 Å². The SMILES string of the molecule is COC(=O)c1ccc2c(c1)[C@@H]1CCCC[C@@H]1C(=O)N2Cc1ccccc1. The van der Waals surface area contributed by atoms with E-state index in [1.165, 1.54) is 7.11 Å². The number of rotatable bonds is 3. The molecule has 0 bridgehead atoms. The molecule has 1 saturated carbocycles. The van der Waals surface area contributed by atoms with Crippen LogP contribution in [0.15, 0.2) is 48.5 Å². The molecule has 2 aromatic rings. The lowest BCUT2D eigenvalue weighted by Gasteiger charge is -2.42. The number of nitrogens with zero attached hydrogens (tertiary/aromatic N) is 1. The maximum absolute atomic E-state index is 13.2. The molecule has 1 aliphatic carbocycles. The van der Waals surface area contributed by atoms with Crippen LogP contribution in [0.3, 0.4) is 0 Å². The van der Waals surface area contributed by atoms with Gasteiger partial charge in [0.25, 0.3) is 0 Å². The summed E-state index contributed by atoms with van der Waals surface area (Å²) in [4.78, 5) is 27.1. The van der Waals surface area contributed by atoms with Crippen LogP contribution in [0.4, 0.5) is 5.69 Å². The number of benzene rings is 2. The van der Waals surface area contributed by atoms with Crippen molar-refractivity contribution >= 4 is 17.6 Å². The first-order valence-electron chi connectivity index (χ1n) is 9.26. The van der Waals surface area contributed by atoms with E-state index in [0.717, 1.165) is 42.5 Å². The Morgan fingerprint density at radius 1 is 1.08 bits per heavy atom. The summed E-state index contributed by atoms with van der Waals surface area (Å²) >= 11 is 0. The van der Waals surface area contributed by atoms with E-state index in [1.807, 2.05) is 47.4 Å². The lowest BCUT2D eigenvalue weighted by Crippen LogP contribution is -2.44. The van der Waals surface area contributed by atoms with Crippen molar-refractivity contribution in [2.24, 2.45) is 5.92 Å². The van der Waals surface area contributed by atoms with Crippen molar-refractivity contribution in [1.82, 2.24) is 0 Å². The Bertz CT molecular complexity index is 831. The second kappa shape index (κ2) is 6.94. The number of esters is 1. The Labute approximate surface area is 153 Å². The predicted molar refractivity (Wildman–Crippen MR) is 100 cm³/mol. The van der Waals surface area contributed by atoms with E-state index in [0.29, 0.717) is 12.1 Å². The molecule has 2 aromatic carbocycles. The van der Waals surface area contributed by atoms with Gasteiger partial charge in [0.2, 0.25) is 5.91 Å². The largest absolute Gasteiger partial charge is 0.465 e. The average molecular weight is 349 g/mol. The molecule has 134 valence electrons. The van der Waals surface area contributed by atoms with Gasteiger partial charge in [-0.15, -0.1) is 0 Å². The van der Waals surface area contributed by atoms with E-state index in [-0.39, 0.29) is 23.7 Å². The zero-order valence-corrected chi connectivity index (χ0v) is 15.0. The molecule has 0 saturated heterocycles. The number of carbonyl (C=O) groups is 2. The van der Waals surface area contributed by atoms with Crippen molar-refractivity contribution in [3.8, 4) is 0 Å². The standard InChI is InChI=1S/C22H23NO3/c1-26-22(25)16-11-12-20-19(13-16)17-9-5-6-10-18(17)21(24)23(20)14-15-7-3-2-4-8-15/h2-4,7-8,11-13,17-18H,5-6,9-10,14H2,1H3/t17-,18+/m1/s1. The van der Waals surface area contributed by atoms with Crippen molar-refractivity contribution in [2.75, 3.05) is 12.0 Å². The van der Waals surface area contributed by atoms with Gasteiger partial charge >= 0.3 is 5.97 Å². The molecule has 2 aliphatic rings. The van der Waals surface area contributed by atoms with Gasteiger partial charge in [-0.05, 0) is 48.1 Å². The summed E-state index contributed by atoms with van der Waals surface area (Å²) in [7, 11) is 1.40. The molecule has 4 rings (SSSR count). The molecule has 1 heterocycles. The maximum Gasteiger partial charge on any atom is 0.337 e. The van der Waals surface area contributed by atoms with Crippen molar-refractivity contribution in [3.05, 3.63) is 65.2 Å². The molecule has 0 N–H and O–H groups in total. The predicted octanol–water partition coefficient (Wildman–Crippen LogP) is 4.29. The summed E-state index contributed by atoms with van der Waals surface area (Å²) in [5, 5.41) is 0. The molecule has 1 aliphatic heterocycles. The lowest BCUT2D eigenvalue weighted by molar-refractivity contribution is -0.124. The number of ether oxygens (including phenoxy) is 1. The number of hydrogen-bond donors (Lipinski definition) is 0. The number of fused-ring (bicyclic) bond motifs is 3. The van der Waals surface area contributed by atoms with Gasteiger partial charge in [0.05, 0.1) is 19.2 Å². The van der Waals surface area contributed by atoms with Crippen LogP contribution in [0.5, 0.6) is 0 Å². The molecular formula is C22H23NO3. The Hall–Kier alpha value is -2.62. The Morgan fingerprint density at radius 3 is 2.54 bits per heavy atom. The van der Waals surface area contributed by atoms with E-state index in [1.54, 1.807) is 6.07 Å². The number of hydrogen-bond acceptors (Lipinski definition) is 3. The van der Waals surface area contributed by atoms with E-state index >= 15 is 0 Å². The fourth-order valence-electron chi connectivity index (χ4n) is 4.39. The van der Waals surface area contributed by atoms with Crippen molar-refractivity contribution in [3.63, 3.8) is 0 Å². The van der Waals surface area contributed by atoms with Gasteiger partial charge in [0.1, 0.15) is 0 Å². The third-order valence-corrected chi connectivity index (χ3v) is 5.67. The quantitative estimate of drug-likeness (QED) is 0.777. The minimum absolute atomic E-state index is 0.0212. The van der Waals surface area contributed by atoms with Crippen LogP contribution in [0, 0.1) is 5.92 Å². The first-order valence-corrected chi connectivity index (χ1v) is 9.26. The molecule has 0 aromatic heterocycles. The van der Waals surface area contributed by atoms with Gasteiger partial charge < -0.3 is 9.64 Å². The van der Waals surface area contributed by atoms with Gasteiger partial charge in [-0.25, -0.2) is 4.79 Å². The van der Waals surface area contributed by atoms with Crippen molar-refractivity contribution in [1.29, 1.82) is 0 Å². The third kappa shape index (κ3) is 2.90. The molecule has 1 fully saturated rings. The van der Waals surface area contributed by atoms with E-state index in [4.69, 9.17) is 4.74 Å². The van der Waals surface area contributed by atoms with Crippen LogP contribution in [-0.4, -0.2) is 19.0 Å². The smallest absolute Gasteiger partial charge is 0.337 e. The zero-order chi connectivity index (χ0) is 18.1. The Balaban J connectivity index is 1.78. The van der Waals surface area contributed by atoms with Crippen LogP contribution >= 0.6 is 0 Å². The van der Waals surface area contributed by atoms with Crippen LogP contribution in [0.25, 0.3) is 0 Å². The number of amides is 1. The fourth-order valence-corrected chi connectivity index (χ4v) is 4.39. The minimum atomic E-state index is -0.327. The summed E-state index contributed by atoms with van der Waals surface area (Å²) in [5.74, 6) is 0.124. The third-order valence-electron chi connectivity index (χ3n) is 5.67. The highest BCUT2D eigenvalue weighted by molar-refractivity contribution is 6.00. The molecule has 4 heteroatoms. The molecule has 2 atom stereocenters. The van der Waals surface area contributed by atoms with Crippen LogP contribution < -0.4 is 4.90 Å². The van der Waals surface area contributed by atoms with Crippen molar-refractivity contribution < 1.29 is 14.3 Å². The molecule has 26 heavy (non-hydrogen) atoms. The molecular weight excluding hydrogens is 326 g/mol. The number of carbonyl (C=O) groups excluding carboxylic acids is 2. The maximum atomic E-state index is 13.2. The van der Waals surface area contributed by atoms with Gasteiger partial charge in [0, 0.05) is 11.6 Å². The zero-order valence-electron chi connectivity index (χ0n) is 15.0. The lowest BCUT2D eigenvalue weighted by atomic mass is 9.71. The van der Waals surface area contributed by atoms with E-state index < -0.39 is 0 Å². The summed E-state index contributed by atoms with van der Waals surface area (Å²) in [6.07, 6.45) is 4.16. The topological polar surface area (TPSA) is 46.6 Å². The van der Waals surface area contributed by atoms with Gasteiger partial charge in [0.15, 0.2) is 0 Å². The average Bonchev–Trinajstić information content (AvgIpc) is 2.71. The number of anilines is 1. The molecule has 1 amide bonds. The van der Waals surface area contributed by atoms with Crippen LogP contribution in [0.1, 0.15) is 53.1 Å². The highest BCUT2D eigenvalue weighted by atomic mass is 16.5. The van der Waals surface area contributed by atoms with Crippen molar-refractivity contribution in [2.45, 2.75) is 38.1 Å². The van der Waals surface area contributed by atoms with Gasteiger partial charge in [-0.3, -0.25) is 4.79 Å². The molecule has 0 spiro atoms. The van der Waals surface area contributed by atoms with E-state index in [2.05, 4.69) is 0 Å². The molecule has 0 radical (unpaired) electrons. The summed E-state index contributed by atoms with van der Waals surface area (Å²) in [5.41, 5.74) is 3.73. The summed E-state index contributed by atoms with van der Waals surface area (Å²) in [6, 6.07) is 15.7. The normalized spacial score (nSPS) is 21.7. The fraction of sp³-hybridized carbons (Fsp3) is 0.364. The monoisotopic (exact) mass is 349 g/mol. The van der Waals surface area contributed by atoms with E-state index in [9.17, 15) is 9.59 Å². The second-order valence-corrected chi connectivity index (χ2v) is 7.17. The molecule has 0 unspecified atom stereocenters. The first kappa shape index (κ1) is 16.8. The van der Waals surface area contributed by atoms with Crippen LogP contribution in [-0.2, 0) is 16.1 Å². The van der Waals surface area contributed by atoms with Gasteiger partial charge in [-0.1, -0.05) is 43.2 Å². The Kier molecular flexibility index (Phi) is 4.49. The molecule has 4 nitrogen and oxygen atoms in total. The Morgan fingerprint density at radius 2 is 1.81 bits per heavy atom. The first-order chi connectivity index (χ1) is 12.7. The number of methoxy groups -OCH3 is 1.